The van der Waals surface area contributed by atoms with E-state index in [1.54, 1.807) is 0 Å². The SMILES string of the molecule is N=C(N)C1CN(S(=O)(=O)c2ccccc2F)CCO1. The molecule has 0 amide bonds. The third-order valence-electron chi connectivity index (χ3n) is 2.83. The first-order chi connectivity index (χ1) is 8.93. The number of ether oxygens (including phenoxy) is 1. The summed E-state index contributed by atoms with van der Waals surface area (Å²) in [5, 5.41) is 7.29. The van der Waals surface area contributed by atoms with E-state index in [-0.39, 0.29) is 30.4 Å². The molecule has 0 radical (unpaired) electrons. The van der Waals surface area contributed by atoms with Crippen LogP contribution in [-0.4, -0.2) is 44.4 Å². The maximum atomic E-state index is 13.6. The zero-order valence-corrected chi connectivity index (χ0v) is 10.9. The number of amidine groups is 1. The summed E-state index contributed by atoms with van der Waals surface area (Å²) in [6, 6.07) is 5.18. The molecule has 3 N–H and O–H groups in total. The molecule has 0 saturated carbocycles. The molecule has 1 saturated heterocycles. The molecule has 0 aliphatic carbocycles. The highest BCUT2D eigenvalue weighted by Crippen LogP contribution is 2.21. The topological polar surface area (TPSA) is 96.5 Å². The number of sulfonamides is 1. The van der Waals surface area contributed by atoms with E-state index in [2.05, 4.69) is 0 Å². The van der Waals surface area contributed by atoms with Gasteiger partial charge in [0.15, 0.2) is 0 Å². The second kappa shape index (κ2) is 5.24. The standard InChI is InChI=1S/C11H14FN3O3S/c12-8-3-1-2-4-10(8)19(16,17)15-5-6-18-9(7-15)11(13)14/h1-4,9H,5-7H2,(H3,13,14). The molecule has 19 heavy (non-hydrogen) atoms. The Morgan fingerprint density at radius 2 is 2.16 bits per heavy atom. The van der Waals surface area contributed by atoms with E-state index < -0.39 is 21.9 Å². The van der Waals surface area contributed by atoms with Crippen LogP contribution in [0.25, 0.3) is 0 Å². The van der Waals surface area contributed by atoms with Crippen molar-refractivity contribution in [3.05, 3.63) is 30.1 Å². The number of halogens is 1. The van der Waals surface area contributed by atoms with Crippen molar-refractivity contribution in [1.29, 1.82) is 5.41 Å². The minimum Gasteiger partial charge on any atom is -0.385 e. The number of rotatable bonds is 3. The zero-order chi connectivity index (χ0) is 14.0. The van der Waals surface area contributed by atoms with E-state index in [0.717, 1.165) is 10.4 Å². The molecule has 1 aliphatic heterocycles. The van der Waals surface area contributed by atoms with Crippen LogP contribution < -0.4 is 5.73 Å². The molecule has 0 bridgehead atoms. The summed E-state index contributed by atoms with van der Waals surface area (Å²) in [5.74, 6) is -1.04. The van der Waals surface area contributed by atoms with E-state index in [1.807, 2.05) is 0 Å². The van der Waals surface area contributed by atoms with E-state index in [0.29, 0.717) is 0 Å². The van der Waals surface area contributed by atoms with Crippen molar-refractivity contribution in [2.24, 2.45) is 5.73 Å². The van der Waals surface area contributed by atoms with Crippen molar-refractivity contribution >= 4 is 15.9 Å². The first-order valence-electron chi connectivity index (χ1n) is 5.63. The molecule has 6 nitrogen and oxygen atoms in total. The van der Waals surface area contributed by atoms with Crippen LogP contribution in [0.2, 0.25) is 0 Å². The van der Waals surface area contributed by atoms with Crippen molar-refractivity contribution in [2.45, 2.75) is 11.0 Å². The van der Waals surface area contributed by atoms with Crippen LogP contribution in [0.15, 0.2) is 29.2 Å². The van der Waals surface area contributed by atoms with Gasteiger partial charge in [0, 0.05) is 13.1 Å². The Bertz CT molecular complexity index is 591. The third kappa shape index (κ3) is 2.75. The molecule has 8 heteroatoms. The Kier molecular flexibility index (Phi) is 3.83. The van der Waals surface area contributed by atoms with Crippen LogP contribution in [0.4, 0.5) is 4.39 Å². The highest BCUT2D eigenvalue weighted by Gasteiger charge is 2.33. The molecule has 1 atom stereocenters. The number of nitrogens with two attached hydrogens (primary N) is 1. The van der Waals surface area contributed by atoms with Gasteiger partial charge in [0.1, 0.15) is 22.7 Å². The second-order valence-corrected chi connectivity index (χ2v) is 6.01. The Balaban J connectivity index is 2.30. The Morgan fingerprint density at radius 3 is 2.79 bits per heavy atom. The van der Waals surface area contributed by atoms with Gasteiger partial charge in [-0.15, -0.1) is 0 Å². The summed E-state index contributed by atoms with van der Waals surface area (Å²) in [6.07, 6.45) is -0.782. The van der Waals surface area contributed by atoms with Crippen molar-refractivity contribution in [3.8, 4) is 0 Å². The first kappa shape index (κ1) is 13.9. The molecular formula is C11H14FN3O3S. The van der Waals surface area contributed by atoms with Crippen molar-refractivity contribution in [3.63, 3.8) is 0 Å². The van der Waals surface area contributed by atoms with E-state index in [4.69, 9.17) is 15.9 Å². The maximum absolute atomic E-state index is 13.6. The van der Waals surface area contributed by atoms with Crippen molar-refractivity contribution in [2.75, 3.05) is 19.7 Å². The third-order valence-corrected chi connectivity index (χ3v) is 4.73. The monoisotopic (exact) mass is 287 g/mol. The van der Waals surface area contributed by atoms with Gasteiger partial charge in [0.05, 0.1) is 6.61 Å². The second-order valence-electron chi connectivity index (χ2n) is 4.11. The van der Waals surface area contributed by atoms with Crippen LogP contribution >= 0.6 is 0 Å². The van der Waals surface area contributed by atoms with Crippen molar-refractivity contribution in [1.82, 2.24) is 4.31 Å². The van der Waals surface area contributed by atoms with Gasteiger partial charge in [-0.2, -0.15) is 4.31 Å². The predicted molar refractivity (Wildman–Crippen MR) is 66.8 cm³/mol. The van der Waals surface area contributed by atoms with Crippen LogP contribution in [0.5, 0.6) is 0 Å². The fourth-order valence-corrected chi connectivity index (χ4v) is 3.31. The van der Waals surface area contributed by atoms with E-state index >= 15 is 0 Å². The van der Waals surface area contributed by atoms with Gasteiger partial charge >= 0.3 is 0 Å². The smallest absolute Gasteiger partial charge is 0.246 e. The Morgan fingerprint density at radius 1 is 1.47 bits per heavy atom. The minimum absolute atomic E-state index is 0.0774. The number of hydrogen-bond acceptors (Lipinski definition) is 4. The molecule has 1 fully saturated rings. The lowest BCUT2D eigenvalue weighted by atomic mass is 10.3. The molecule has 0 aromatic heterocycles. The first-order valence-corrected chi connectivity index (χ1v) is 7.07. The molecule has 1 aliphatic rings. The van der Waals surface area contributed by atoms with Gasteiger partial charge in [-0.3, -0.25) is 5.41 Å². The van der Waals surface area contributed by atoms with Gasteiger partial charge in [-0.25, -0.2) is 12.8 Å². The lowest BCUT2D eigenvalue weighted by Crippen LogP contribution is -2.50. The zero-order valence-electron chi connectivity index (χ0n) is 10.0. The van der Waals surface area contributed by atoms with Crippen LogP contribution in [0.1, 0.15) is 0 Å². The number of nitrogens with one attached hydrogen (secondary N) is 1. The summed E-state index contributed by atoms with van der Waals surface area (Å²) >= 11 is 0. The fourth-order valence-electron chi connectivity index (χ4n) is 1.83. The molecular weight excluding hydrogens is 273 g/mol. The molecule has 0 spiro atoms. The summed E-state index contributed by atoms with van der Waals surface area (Å²) in [7, 11) is -3.93. The number of nitrogens with zero attached hydrogens (tertiary/aromatic N) is 1. The number of hydrogen-bond donors (Lipinski definition) is 2. The van der Waals surface area contributed by atoms with Gasteiger partial charge in [0.25, 0.3) is 0 Å². The number of morpholine rings is 1. The predicted octanol–water partition coefficient (Wildman–Crippen LogP) is 0.151. The summed E-state index contributed by atoms with van der Waals surface area (Å²) in [5.41, 5.74) is 5.30. The normalized spacial score (nSPS) is 21.2. The molecule has 1 heterocycles. The average Bonchev–Trinajstić information content (AvgIpc) is 2.39. The molecule has 1 aromatic carbocycles. The van der Waals surface area contributed by atoms with Crippen LogP contribution in [-0.2, 0) is 14.8 Å². The summed E-state index contributed by atoms with van der Waals surface area (Å²) in [4.78, 5) is -0.376. The van der Waals surface area contributed by atoms with Crippen LogP contribution in [0.3, 0.4) is 0 Å². The summed E-state index contributed by atoms with van der Waals surface area (Å²) in [6.45, 7) is 0.157. The van der Waals surface area contributed by atoms with Gasteiger partial charge in [0.2, 0.25) is 10.0 Å². The highest BCUT2D eigenvalue weighted by atomic mass is 32.2. The Hall–Kier alpha value is -1.51. The molecule has 2 rings (SSSR count). The molecule has 1 aromatic rings. The average molecular weight is 287 g/mol. The largest absolute Gasteiger partial charge is 0.385 e. The van der Waals surface area contributed by atoms with Gasteiger partial charge in [-0.05, 0) is 12.1 Å². The lowest BCUT2D eigenvalue weighted by molar-refractivity contribution is 0.0367. The summed E-state index contributed by atoms with van der Waals surface area (Å²) < 4.78 is 44.4. The van der Waals surface area contributed by atoms with Crippen molar-refractivity contribution < 1.29 is 17.5 Å². The van der Waals surface area contributed by atoms with Gasteiger partial charge < -0.3 is 10.5 Å². The highest BCUT2D eigenvalue weighted by molar-refractivity contribution is 7.89. The Labute approximate surface area is 110 Å². The minimum atomic E-state index is -3.93. The quantitative estimate of drug-likeness (QED) is 0.611. The lowest BCUT2D eigenvalue weighted by Gasteiger charge is -2.31. The molecule has 104 valence electrons. The van der Waals surface area contributed by atoms with E-state index in [1.165, 1.54) is 18.2 Å². The fraction of sp³-hybridized carbons (Fsp3) is 0.364. The van der Waals surface area contributed by atoms with E-state index in [9.17, 15) is 12.8 Å². The van der Waals surface area contributed by atoms with Gasteiger partial charge in [-0.1, -0.05) is 12.1 Å². The maximum Gasteiger partial charge on any atom is 0.246 e. The van der Waals surface area contributed by atoms with Crippen LogP contribution in [0, 0.1) is 11.2 Å². The molecule has 1 unspecified atom stereocenters. The number of benzene rings is 1.